The number of aromatic nitrogens is 1. The van der Waals surface area contributed by atoms with E-state index in [0.29, 0.717) is 54.8 Å². The molecular weight excluding hydrogens is 392 g/mol. The molecule has 1 heterocycles. The van der Waals surface area contributed by atoms with Gasteiger partial charge < -0.3 is 19.2 Å². The van der Waals surface area contributed by atoms with Gasteiger partial charge in [0, 0.05) is 25.5 Å². The van der Waals surface area contributed by atoms with Crippen molar-refractivity contribution in [1.29, 1.82) is 0 Å². The number of anilines is 1. The normalized spacial score (nSPS) is 10.7. The van der Waals surface area contributed by atoms with Crippen molar-refractivity contribution >= 4 is 23.2 Å². The molecule has 0 fully saturated rings. The first kappa shape index (κ1) is 20.9. The summed E-state index contributed by atoms with van der Waals surface area (Å²) in [6.45, 7) is 0.775. The van der Waals surface area contributed by atoms with Crippen molar-refractivity contribution in [2.45, 2.75) is 19.3 Å². The van der Waals surface area contributed by atoms with Crippen LogP contribution in [0.5, 0.6) is 5.75 Å². The summed E-state index contributed by atoms with van der Waals surface area (Å²) in [6, 6.07) is 15.0. The van der Waals surface area contributed by atoms with Gasteiger partial charge in [-0.1, -0.05) is 48.0 Å². The van der Waals surface area contributed by atoms with Crippen molar-refractivity contribution in [2.75, 3.05) is 25.6 Å². The zero-order valence-corrected chi connectivity index (χ0v) is 16.9. The number of carbonyl (C=O) groups excluding carboxylic acids is 1. The predicted molar refractivity (Wildman–Crippen MR) is 112 cm³/mol. The van der Waals surface area contributed by atoms with Crippen LogP contribution in [0.15, 0.2) is 59.1 Å². The third-order valence-electron chi connectivity index (χ3n) is 4.18. The molecule has 29 heavy (non-hydrogen) atoms. The Bertz CT molecular complexity index is 928. The number of oxazole rings is 1. The second kappa shape index (κ2) is 10.6. The van der Waals surface area contributed by atoms with E-state index in [-0.39, 0.29) is 5.91 Å². The second-order valence-electron chi connectivity index (χ2n) is 6.34. The van der Waals surface area contributed by atoms with Gasteiger partial charge in [0.2, 0.25) is 5.91 Å². The maximum atomic E-state index is 12.3. The number of hydrogen-bond acceptors (Lipinski definition) is 5. The summed E-state index contributed by atoms with van der Waals surface area (Å²) >= 11 is 6.19. The van der Waals surface area contributed by atoms with Crippen molar-refractivity contribution < 1.29 is 18.7 Å². The monoisotopic (exact) mass is 414 g/mol. The third kappa shape index (κ3) is 6.07. The lowest BCUT2D eigenvalue weighted by atomic mass is 10.2. The average Bonchev–Trinajstić information content (AvgIpc) is 3.20. The van der Waals surface area contributed by atoms with E-state index < -0.39 is 0 Å². The quantitative estimate of drug-likeness (QED) is 0.473. The van der Waals surface area contributed by atoms with Crippen LogP contribution < -0.4 is 10.1 Å². The van der Waals surface area contributed by atoms with Crippen LogP contribution in [0.25, 0.3) is 11.3 Å². The lowest BCUT2D eigenvalue weighted by molar-refractivity contribution is -0.116. The first-order chi connectivity index (χ1) is 14.2. The molecule has 0 spiro atoms. The molecule has 7 heteroatoms. The molecule has 3 rings (SSSR count). The minimum atomic E-state index is -0.126. The number of carbonyl (C=O) groups is 1. The molecule has 0 aliphatic rings. The van der Waals surface area contributed by atoms with Gasteiger partial charge in [0.05, 0.1) is 23.5 Å². The number of hydrogen-bond donors (Lipinski definition) is 1. The Morgan fingerprint density at radius 2 is 1.97 bits per heavy atom. The number of benzene rings is 2. The second-order valence-corrected chi connectivity index (χ2v) is 6.75. The largest absolute Gasteiger partial charge is 0.487 e. The van der Waals surface area contributed by atoms with E-state index in [9.17, 15) is 4.79 Å². The molecule has 1 aromatic heterocycles. The molecular formula is C22H23ClN2O4. The molecule has 0 saturated heterocycles. The summed E-state index contributed by atoms with van der Waals surface area (Å²) in [5.74, 6) is 1.66. The van der Waals surface area contributed by atoms with Gasteiger partial charge in [-0.3, -0.25) is 4.79 Å². The number of para-hydroxylation sites is 1. The van der Waals surface area contributed by atoms with Crippen LogP contribution in [0.4, 0.5) is 5.69 Å². The van der Waals surface area contributed by atoms with Crippen molar-refractivity contribution in [2.24, 2.45) is 0 Å². The molecule has 6 nitrogen and oxygen atoms in total. The zero-order chi connectivity index (χ0) is 20.5. The Balaban J connectivity index is 1.51. The fourth-order valence-corrected chi connectivity index (χ4v) is 2.98. The van der Waals surface area contributed by atoms with Crippen LogP contribution >= 0.6 is 11.6 Å². The van der Waals surface area contributed by atoms with E-state index in [4.69, 9.17) is 25.5 Å². The van der Waals surface area contributed by atoms with E-state index in [0.717, 1.165) is 11.3 Å². The number of amides is 1. The number of methoxy groups -OCH3 is 1. The number of aryl methyl sites for hydroxylation is 1. The number of nitrogens with zero attached hydrogens (tertiary/aromatic N) is 1. The molecule has 0 saturated carbocycles. The lowest BCUT2D eigenvalue weighted by Gasteiger charge is -2.13. The number of nitrogens with one attached hydrogen (secondary N) is 1. The molecule has 1 amide bonds. The highest BCUT2D eigenvalue weighted by atomic mass is 35.5. The lowest BCUT2D eigenvalue weighted by Crippen LogP contribution is -2.14. The van der Waals surface area contributed by atoms with E-state index >= 15 is 0 Å². The van der Waals surface area contributed by atoms with Crippen LogP contribution in [-0.2, 0) is 16.0 Å². The minimum absolute atomic E-state index is 0.126. The molecule has 3 aromatic rings. The molecule has 0 radical (unpaired) electrons. The Hall–Kier alpha value is -2.83. The van der Waals surface area contributed by atoms with Gasteiger partial charge in [-0.25, -0.2) is 4.98 Å². The Morgan fingerprint density at radius 1 is 1.14 bits per heavy atom. The van der Waals surface area contributed by atoms with E-state index in [2.05, 4.69) is 10.3 Å². The van der Waals surface area contributed by atoms with Gasteiger partial charge >= 0.3 is 0 Å². The van der Waals surface area contributed by atoms with Crippen molar-refractivity contribution in [1.82, 2.24) is 4.98 Å². The summed E-state index contributed by atoms with van der Waals surface area (Å²) in [7, 11) is 1.59. The van der Waals surface area contributed by atoms with Crippen LogP contribution in [-0.4, -0.2) is 31.2 Å². The number of ether oxygens (including phenoxy) is 2. The fourth-order valence-electron chi connectivity index (χ4n) is 2.76. The van der Waals surface area contributed by atoms with E-state index in [1.165, 1.54) is 0 Å². The van der Waals surface area contributed by atoms with Crippen LogP contribution in [0.2, 0.25) is 5.02 Å². The number of halogens is 1. The predicted octanol–water partition coefficient (Wildman–Crippen LogP) is 4.98. The molecule has 152 valence electrons. The minimum Gasteiger partial charge on any atom is -0.487 e. The van der Waals surface area contributed by atoms with Crippen LogP contribution in [0.3, 0.4) is 0 Å². The molecule has 0 aliphatic carbocycles. The fraction of sp³-hybridized carbons (Fsp3) is 0.273. The topological polar surface area (TPSA) is 73.6 Å². The smallest absolute Gasteiger partial charge is 0.224 e. The molecule has 0 atom stereocenters. The summed E-state index contributed by atoms with van der Waals surface area (Å²) < 4.78 is 16.4. The van der Waals surface area contributed by atoms with Crippen LogP contribution in [0.1, 0.15) is 18.7 Å². The maximum absolute atomic E-state index is 12.3. The molecule has 0 aliphatic heterocycles. The number of rotatable bonds is 10. The van der Waals surface area contributed by atoms with Crippen molar-refractivity contribution in [3.63, 3.8) is 0 Å². The highest BCUT2D eigenvalue weighted by Gasteiger charge is 2.12. The van der Waals surface area contributed by atoms with Crippen molar-refractivity contribution in [3.05, 3.63) is 65.6 Å². The molecule has 2 aromatic carbocycles. The van der Waals surface area contributed by atoms with Gasteiger partial charge in [0.15, 0.2) is 17.4 Å². The van der Waals surface area contributed by atoms with Gasteiger partial charge in [-0.05, 0) is 18.6 Å². The maximum Gasteiger partial charge on any atom is 0.224 e. The highest BCUT2D eigenvalue weighted by molar-refractivity contribution is 6.32. The van der Waals surface area contributed by atoms with Gasteiger partial charge in [0.25, 0.3) is 0 Å². The molecule has 1 N–H and O–H groups in total. The SMILES string of the molecule is COCCOc1c(Cl)cccc1NC(=O)CCCc1ncc(-c2ccccc2)o1. The van der Waals surface area contributed by atoms with Gasteiger partial charge in [0.1, 0.15) is 6.61 Å². The Labute approximate surface area is 174 Å². The van der Waals surface area contributed by atoms with Crippen molar-refractivity contribution in [3.8, 4) is 17.1 Å². The Morgan fingerprint density at radius 3 is 2.76 bits per heavy atom. The van der Waals surface area contributed by atoms with E-state index in [1.807, 2.05) is 30.3 Å². The summed E-state index contributed by atoms with van der Waals surface area (Å²) in [4.78, 5) is 16.6. The van der Waals surface area contributed by atoms with Gasteiger partial charge in [-0.2, -0.15) is 0 Å². The molecule has 0 bridgehead atoms. The summed E-state index contributed by atoms with van der Waals surface area (Å²) in [5, 5.41) is 3.29. The van der Waals surface area contributed by atoms with Gasteiger partial charge in [-0.15, -0.1) is 0 Å². The summed E-state index contributed by atoms with van der Waals surface area (Å²) in [5.41, 5.74) is 1.52. The third-order valence-corrected chi connectivity index (χ3v) is 4.48. The van der Waals surface area contributed by atoms with Crippen LogP contribution in [0, 0.1) is 0 Å². The first-order valence-corrected chi connectivity index (χ1v) is 9.75. The first-order valence-electron chi connectivity index (χ1n) is 9.37. The molecule has 0 unspecified atom stereocenters. The standard InChI is InChI=1S/C22H23ClN2O4/c1-27-13-14-28-22-17(23)9-5-10-18(22)25-20(26)11-6-12-21-24-15-19(29-21)16-7-3-2-4-8-16/h2-5,7-10,15H,6,11-14H2,1H3,(H,25,26). The zero-order valence-electron chi connectivity index (χ0n) is 16.2. The Kier molecular flexibility index (Phi) is 7.67. The highest BCUT2D eigenvalue weighted by Crippen LogP contribution is 2.33. The summed E-state index contributed by atoms with van der Waals surface area (Å²) in [6.07, 6.45) is 3.22. The average molecular weight is 415 g/mol. The van der Waals surface area contributed by atoms with E-state index in [1.54, 1.807) is 31.5 Å².